The molecule has 132 valence electrons. The van der Waals surface area contributed by atoms with E-state index in [0.717, 1.165) is 38.8 Å². The first-order valence-electron chi connectivity index (χ1n) is 8.80. The van der Waals surface area contributed by atoms with Crippen LogP contribution in [0, 0.1) is 0 Å². The SMILES string of the molecule is CC(=O)N[C@H]1CCCN(C(=O)CN2CCC[C@H]2c2cnn(C)c2)C1. The third-order valence-electron chi connectivity index (χ3n) is 4.99. The van der Waals surface area contributed by atoms with Gasteiger partial charge in [-0.05, 0) is 32.2 Å². The Morgan fingerprint density at radius 3 is 2.79 bits per heavy atom. The van der Waals surface area contributed by atoms with E-state index in [4.69, 9.17) is 0 Å². The number of amides is 2. The lowest BCUT2D eigenvalue weighted by molar-refractivity contribution is -0.134. The van der Waals surface area contributed by atoms with Crippen LogP contribution in [-0.2, 0) is 16.6 Å². The van der Waals surface area contributed by atoms with Crippen molar-refractivity contribution in [2.45, 2.75) is 44.7 Å². The fourth-order valence-corrected chi connectivity index (χ4v) is 3.89. The Kier molecular flexibility index (Phi) is 5.18. The molecule has 0 unspecified atom stereocenters. The largest absolute Gasteiger partial charge is 0.352 e. The summed E-state index contributed by atoms with van der Waals surface area (Å²) in [6, 6.07) is 0.381. The van der Waals surface area contributed by atoms with Crippen LogP contribution in [-0.4, -0.2) is 63.6 Å². The highest BCUT2D eigenvalue weighted by Crippen LogP contribution is 2.31. The minimum absolute atomic E-state index is 0.0227. The molecule has 2 amide bonds. The van der Waals surface area contributed by atoms with Crippen molar-refractivity contribution in [3.63, 3.8) is 0 Å². The minimum Gasteiger partial charge on any atom is -0.352 e. The summed E-state index contributed by atoms with van der Waals surface area (Å²) in [7, 11) is 1.92. The second kappa shape index (κ2) is 7.34. The van der Waals surface area contributed by atoms with Crippen LogP contribution in [0.25, 0.3) is 0 Å². The molecule has 0 aromatic carbocycles. The number of piperidine rings is 1. The molecule has 2 aliphatic heterocycles. The lowest BCUT2D eigenvalue weighted by atomic mass is 10.1. The standard InChI is InChI=1S/C17H27N5O2/c1-13(23)19-15-5-3-8-22(11-15)17(24)12-21-7-4-6-16(21)14-9-18-20(2)10-14/h9-10,15-16H,3-8,11-12H2,1-2H3,(H,19,23)/t15-,16-/m0/s1. The molecule has 0 saturated carbocycles. The van der Waals surface area contributed by atoms with Crippen molar-refractivity contribution in [3.8, 4) is 0 Å². The van der Waals surface area contributed by atoms with Crippen molar-refractivity contribution in [2.24, 2.45) is 7.05 Å². The van der Waals surface area contributed by atoms with Crippen molar-refractivity contribution < 1.29 is 9.59 Å². The van der Waals surface area contributed by atoms with E-state index < -0.39 is 0 Å². The summed E-state index contributed by atoms with van der Waals surface area (Å²) in [5, 5.41) is 7.20. The molecule has 0 spiro atoms. The van der Waals surface area contributed by atoms with Gasteiger partial charge in [0.1, 0.15) is 0 Å². The van der Waals surface area contributed by atoms with E-state index in [-0.39, 0.29) is 17.9 Å². The van der Waals surface area contributed by atoms with Gasteiger partial charge >= 0.3 is 0 Å². The molecule has 1 N–H and O–H groups in total. The van der Waals surface area contributed by atoms with E-state index in [0.29, 0.717) is 19.1 Å². The highest BCUT2D eigenvalue weighted by molar-refractivity contribution is 5.79. The Morgan fingerprint density at radius 1 is 1.29 bits per heavy atom. The van der Waals surface area contributed by atoms with Gasteiger partial charge in [-0.25, -0.2) is 0 Å². The molecule has 0 aliphatic carbocycles. The third-order valence-corrected chi connectivity index (χ3v) is 4.99. The third kappa shape index (κ3) is 3.95. The molecule has 0 radical (unpaired) electrons. The lowest BCUT2D eigenvalue weighted by Gasteiger charge is -2.34. The van der Waals surface area contributed by atoms with Gasteiger partial charge in [0.15, 0.2) is 0 Å². The van der Waals surface area contributed by atoms with Gasteiger partial charge in [0, 0.05) is 50.9 Å². The van der Waals surface area contributed by atoms with Crippen LogP contribution < -0.4 is 5.32 Å². The molecular weight excluding hydrogens is 306 g/mol. The zero-order valence-corrected chi connectivity index (χ0v) is 14.6. The number of hydrogen-bond acceptors (Lipinski definition) is 4. The number of likely N-dealkylation sites (tertiary alicyclic amines) is 2. The summed E-state index contributed by atoms with van der Waals surface area (Å²) in [5.41, 5.74) is 1.19. The maximum absolute atomic E-state index is 12.7. The summed E-state index contributed by atoms with van der Waals surface area (Å²) < 4.78 is 1.82. The summed E-state index contributed by atoms with van der Waals surface area (Å²) in [4.78, 5) is 28.1. The van der Waals surface area contributed by atoms with Crippen LogP contribution in [0.1, 0.15) is 44.2 Å². The van der Waals surface area contributed by atoms with Crippen LogP contribution in [0.15, 0.2) is 12.4 Å². The Hall–Kier alpha value is -1.89. The maximum Gasteiger partial charge on any atom is 0.236 e. The molecule has 1 aromatic rings. The quantitative estimate of drug-likeness (QED) is 0.880. The summed E-state index contributed by atoms with van der Waals surface area (Å²) in [5.74, 6) is 0.145. The molecule has 7 heteroatoms. The summed E-state index contributed by atoms with van der Waals surface area (Å²) in [6.07, 6.45) is 8.03. The highest BCUT2D eigenvalue weighted by atomic mass is 16.2. The monoisotopic (exact) mass is 333 g/mol. The molecular formula is C17H27N5O2. The average molecular weight is 333 g/mol. The van der Waals surface area contributed by atoms with E-state index in [1.54, 1.807) is 0 Å². The number of nitrogens with zero attached hydrogens (tertiary/aromatic N) is 4. The van der Waals surface area contributed by atoms with Gasteiger partial charge in [-0.15, -0.1) is 0 Å². The van der Waals surface area contributed by atoms with Gasteiger partial charge in [0.25, 0.3) is 0 Å². The van der Waals surface area contributed by atoms with Crippen LogP contribution in [0.3, 0.4) is 0 Å². The molecule has 24 heavy (non-hydrogen) atoms. The van der Waals surface area contributed by atoms with Crippen LogP contribution in [0.2, 0.25) is 0 Å². The minimum atomic E-state index is -0.0227. The smallest absolute Gasteiger partial charge is 0.236 e. The fourth-order valence-electron chi connectivity index (χ4n) is 3.89. The van der Waals surface area contributed by atoms with Crippen LogP contribution in [0.4, 0.5) is 0 Å². The molecule has 1 aromatic heterocycles. The van der Waals surface area contributed by atoms with Crippen molar-refractivity contribution in [1.29, 1.82) is 0 Å². The van der Waals surface area contributed by atoms with Crippen LogP contribution >= 0.6 is 0 Å². The number of rotatable bonds is 4. The van der Waals surface area contributed by atoms with Crippen molar-refractivity contribution >= 4 is 11.8 Å². The Balaban J connectivity index is 1.58. The molecule has 3 rings (SSSR count). The molecule has 2 aliphatic rings. The van der Waals surface area contributed by atoms with E-state index in [2.05, 4.69) is 15.3 Å². The Morgan fingerprint density at radius 2 is 2.08 bits per heavy atom. The topological polar surface area (TPSA) is 70.5 Å². The van der Waals surface area contributed by atoms with E-state index in [1.807, 2.05) is 29.0 Å². The second-order valence-electron chi connectivity index (χ2n) is 6.96. The number of aromatic nitrogens is 2. The van der Waals surface area contributed by atoms with Gasteiger partial charge in [-0.1, -0.05) is 0 Å². The molecule has 7 nitrogen and oxygen atoms in total. The summed E-state index contributed by atoms with van der Waals surface area (Å²) in [6.45, 7) is 4.36. The molecule has 3 heterocycles. The highest BCUT2D eigenvalue weighted by Gasteiger charge is 2.31. The zero-order chi connectivity index (χ0) is 17.1. The molecule has 0 bridgehead atoms. The van der Waals surface area contributed by atoms with Gasteiger partial charge in [-0.3, -0.25) is 19.2 Å². The van der Waals surface area contributed by atoms with E-state index in [1.165, 1.54) is 12.5 Å². The first-order chi connectivity index (χ1) is 11.5. The molecule has 2 atom stereocenters. The summed E-state index contributed by atoms with van der Waals surface area (Å²) >= 11 is 0. The zero-order valence-electron chi connectivity index (χ0n) is 14.6. The number of carbonyl (C=O) groups excluding carboxylic acids is 2. The Bertz CT molecular complexity index is 600. The average Bonchev–Trinajstić information content (AvgIpc) is 3.15. The molecule has 2 fully saturated rings. The van der Waals surface area contributed by atoms with Crippen molar-refractivity contribution in [1.82, 2.24) is 24.9 Å². The number of carbonyl (C=O) groups is 2. The van der Waals surface area contributed by atoms with Gasteiger partial charge in [-0.2, -0.15) is 5.10 Å². The van der Waals surface area contributed by atoms with E-state index >= 15 is 0 Å². The van der Waals surface area contributed by atoms with E-state index in [9.17, 15) is 9.59 Å². The number of hydrogen-bond donors (Lipinski definition) is 1. The van der Waals surface area contributed by atoms with Gasteiger partial charge in [0.05, 0.1) is 12.7 Å². The fraction of sp³-hybridized carbons (Fsp3) is 0.706. The predicted octanol–water partition coefficient (Wildman–Crippen LogP) is 0.684. The normalized spacial score (nSPS) is 25.0. The first-order valence-corrected chi connectivity index (χ1v) is 8.80. The first kappa shape index (κ1) is 17.0. The van der Waals surface area contributed by atoms with Crippen molar-refractivity contribution in [2.75, 3.05) is 26.2 Å². The maximum atomic E-state index is 12.7. The Labute approximate surface area is 143 Å². The lowest BCUT2D eigenvalue weighted by Crippen LogP contribution is -2.51. The predicted molar refractivity (Wildman–Crippen MR) is 90.2 cm³/mol. The van der Waals surface area contributed by atoms with Gasteiger partial charge in [0.2, 0.25) is 11.8 Å². The van der Waals surface area contributed by atoms with Crippen molar-refractivity contribution in [3.05, 3.63) is 18.0 Å². The van der Waals surface area contributed by atoms with Gasteiger partial charge < -0.3 is 10.2 Å². The van der Waals surface area contributed by atoms with Crippen LogP contribution in [0.5, 0.6) is 0 Å². The number of nitrogens with one attached hydrogen (secondary N) is 1. The molecule has 2 saturated heterocycles. The number of aryl methyl sites for hydroxylation is 1. The second-order valence-corrected chi connectivity index (χ2v) is 6.96.